The molecular formula is C19H18BrN3O3. The molecule has 6 nitrogen and oxygen atoms in total. The van der Waals surface area contributed by atoms with Crippen molar-refractivity contribution < 1.29 is 14.6 Å². The van der Waals surface area contributed by atoms with Gasteiger partial charge in [-0.2, -0.15) is 5.10 Å². The first kappa shape index (κ1) is 18.2. The number of nitrogens with zero attached hydrogens (tertiary/aromatic N) is 2. The Morgan fingerprint density at radius 1 is 1.19 bits per heavy atom. The van der Waals surface area contributed by atoms with Gasteiger partial charge in [0.25, 0.3) is 0 Å². The van der Waals surface area contributed by atoms with Gasteiger partial charge >= 0.3 is 6.09 Å². The van der Waals surface area contributed by atoms with Gasteiger partial charge in [0.15, 0.2) is 5.82 Å². The standard InChI is InChI=1S/C19H18BrN3O3/c1-13(24)12-16-17(20)18(23(22-16)14-8-4-2-5-9-14)21-19(25)26-15-10-6-3-7-11-15/h2-11,13,24H,12H2,1H3,(H,21,25)/t13-/m1/s1. The lowest BCUT2D eigenvalue weighted by atomic mass is 10.2. The molecular weight excluding hydrogens is 398 g/mol. The largest absolute Gasteiger partial charge is 0.418 e. The molecule has 3 aromatic rings. The Labute approximate surface area is 159 Å². The van der Waals surface area contributed by atoms with Crippen molar-refractivity contribution in [2.75, 3.05) is 5.32 Å². The van der Waals surface area contributed by atoms with E-state index in [2.05, 4.69) is 26.3 Å². The number of aromatic nitrogens is 2. The topological polar surface area (TPSA) is 76.4 Å². The van der Waals surface area contributed by atoms with E-state index in [9.17, 15) is 9.90 Å². The minimum atomic E-state index is -0.627. The molecule has 3 rings (SSSR count). The molecule has 1 amide bonds. The van der Waals surface area contributed by atoms with Crippen molar-refractivity contribution in [3.05, 3.63) is 70.8 Å². The summed E-state index contributed by atoms with van der Waals surface area (Å²) in [5, 5.41) is 16.9. The van der Waals surface area contributed by atoms with Crippen LogP contribution in [0.2, 0.25) is 0 Å². The fourth-order valence-electron chi connectivity index (χ4n) is 2.44. The first-order valence-electron chi connectivity index (χ1n) is 8.09. The van der Waals surface area contributed by atoms with Crippen LogP contribution < -0.4 is 10.1 Å². The Bertz CT molecular complexity index is 880. The van der Waals surface area contributed by atoms with Crippen molar-refractivity contribution in [3.63, 3.8) is 0 Å². The number of rotatable bonds is 5. The van der Waals surface area contributed by atoms with E-state index in [1.54, 1.807) is 35.9 Å². The van der Waals surface area contributed by atoms with Crippen LogP contribution in [0, 0.1) is 0 Å². The Morgan fingerprint density at radius 3 is 2.42 bits per heavy atom. The van der Waals surface area contributed by atoms with Gasteiger partial charge in [-0.25, -0.2) is 9.48 Å². The number of anilines is 1. The second-order valence-corrected chi connectivity index (χ2v) is 6.53. The van der Waals surface area contributed by atoms with Gasteiger partial charge in [0.1, 0.15) is 5.75 Å². The zero-order valence-electron chi connectivity index (χ0n) is 14.1. The number of aliphatic hydroxyl groups is 1. The molecule has 1 heterocycles. The summed E-state index contributed by atoms with van der Waals surface area (Å²) in [6.45, 7) is 1.69. The number of nitrogens with one attached hydrogen (secondary N) is 1. The second kappa shape index (κ2) is 8.16. The Morgan fingerprint density at radius 2 is 1.81 bits per heavy atom. The van der Waals surface area contributed by atoms with Gasteiger partial charge in [-0.15, -0.1) is 0 Å². The number of ether oxygens (including phenoxy) is 1. The number of carbonyl (C=O) groups excluding carboxylic acids is 1. The van der Waals surface area contributed by atoms with Crippen LogP contribution in [0.25, 0.3) is 5.69 Å². The maximum Gasteiger partial charge on any atom is 0.418 e. The maximum atomic E-state index is 12.3. The number of hydrogen-bond acceptors (Lipinski definition) is 4. The SMILES string of the molecule is C[C@@H](O)Cc1nn(-c2ccccc2)c(NC(=O)Oc2ccccc2)c1Br. The molecule has 0 radical (unpaired) electrons. The van der Waals surface area contributed by atoms with Crippen LogP contribution in [0.15, 0.2) is 65.1 Å². The molecule has 0 aliphatic heterocycles. The fraction of sp³-hybridized carbons (Fsp3) is 0.158. The van der Waals surface area contributed by atoms with Crippen molar-refractivity contribution >= 4 is 27.8 Å². The summed E-state index contributed by atoms with van der Waals surface area (Å²) in [7, 11) is 0. The fourth-order valence-corrected chi connectivity index (χ4v) is 2.94. The summed E-state index contributed by atoms with van der Waals surface area (Å²) in [5.41, 5.74) is 1.42. The van der Waals surface area contributed by atoms with E-state index in [1.165, 1.54) is 0 Å². The Balaban J connectivity index is 1.91. The molecule has 1 atom stereocenters. The van der Waals surface area contributed by atoms with Crippen LogP contribution in [-0.4, -0.2) is 27.1 Å². The molecule has 0 saturated carbocycles. The van der Waals surface area contributed by atoms with Gasteiger partial charge in [-0.05, 0) is 47.1 Å². The van der Waals surface area contributed by atoms with Crippen LogP contribution in [-0.2, 0) is 6.42 Å². The van der Waals surface area contributed by atoms with E-state index in [4.69, 9.17) is 4.74 Å². The van der Waals surface area contributed by atoms with Crippen LogP contribution in [0.1, 0.15) is 12.6 Å². The van der Waals surface area contributed by atoms with E-state index < -0.39 is 12.2 Å². The van der Waals surface area contributed by atoms with E-state index in [0.717, 1.165) is 5.69 Å². The summed E-state index contributed by atoms with van der Waals surface area (Å²) >= 11 is 3.48. The number of benzene rings is 2. The number of hydrogen-bond donors (Lipinski definition) is 2. The van der Waals surface area contributed by atoms with Crippen LogP contribution in [0.4, 0.5) is 10.6 Å². The van der Waals surface area contributed by atoms with Gasteiger partial charge in [-0.1, -0.05) is 36.4 Å². The normalized spacial score (nSPS) is 11.8. The highest BCUT2D eigenvalue weighted by Gasteiger charge is 2.20. The molecule has 0 spiro atoms. The van der Waals surface area contributed by atoms with Crippen molar-refractivity contribution in [2.45, 2.75) is 19.4 Å². The van der Waals surface area contributed by atoms with Gasteiger partial charge in [0, 0.05) is 6.42 Å². The average molecular weight is 416 g/mol. The number of amides is 1. The molecule has 7 heteroatoms. The summed E-state index contributed by atoms with van der Waals surface area (Å²) in [4.78, 5) is 12.3. The van der Waals surface area contributed by atoms with Gasteiger partial charge in [-0.3, -0.25) is 5.32 Å². The van der Waals surface area contributed by atoms with E-state index in [1.807, 2.05) is 36.4 Å². The number of aliphatic hydroxyl groups excluding tert-OH is 1. The molecule has 0 bridgehead atoms. The van der Waals surface area contributed by atoms with E-state index in [-0.39, 0.29) is 0 Å². The molecule has 0 fully saturated rings. The third-order valence-corrected chi connectivity index (χ3v) is 4.39. The van der Waals surface area contributed by atoms with Crippen molar-refractivity contribution in [1.29, 1.82) is 0 Å². The molecule has 26 heavy (non-hydrogen) atoms. The number of halogens is 1. The monoisotopic (exact) mass is 415 g/mol. The highest BCUT2D eigenvalue weighted by molar-refractivity contribution is 9.10. The van der Waals surface area contributed by atoms with Crippen molar-refractivity contribution in [3.8, 4) is 11.4 Å². The quantitative estimate of drug-likeness (QED) is 0.655. The molecule has 0 saturated heterocycles. The second-order valence-electron chi connectivity index (χ2n) is 5.74. The summed E-state index contributed by atoms with van der Waals surface area (Å²) < 4.78 is 7.50. The Hall–Kier alpha value is -2.64. The third-order valence-electron chi connectivity index (χ3n) is 3.56. The van der Waals surface area contributed by atoms with Gasteiger partial charge in [0.2, 0.25) is 0 Å². The Kier molecular flexibility index (Phi) is 5.70. The van der Waals surface area contributed by atoms with E-state index in [0.29, 0.717) is 28.2 Å². The van der Waals surface area contributed by atoms with Crippen LogP contribution >= 0.6 is 15.9 Å². The van der Waals surface area contributed by atoms with E-state index >= 15 is 0 Å². The molecule has 1 aromatic heterocycles. The summed E-state index contributed by atoms with van der Waals surface area (Å²) in [5.74, 6) is 0.879. The molecule has 134 valence electrons. The molecule has 2 N–H and O–H groups in total. The molecule has 0 aliphatic carbocycles. The predicted octanol–water partition coefficient (Wildman–Crippen LogP) is 4.17. The third kappa shape index (κ3) is 4.30. The zero-order chi connectivity index (χ0) is 18.5. The first-order valence-corrected chi connectivity index (χ1v) is 8.88. The highest BCUT2D eigenvalue weighted by Crippen LogP contribution is 2.30. The first-order chi connectivity index (χ1) is 12.5. The molecule has 0 aliphatic rings. The zero-order valence-corrected chi connectivity index (χ0v) is 15.7. The van der Waals surface area contributed by atoms with Crippen molar-refractivity contribution in [2.24, 2.45) is 0 Å². The van der Waals surface area contributed by atoms with Gasteiger partial charge < -0.3 is 9.84 Å². The van der Waals surface area contributed by atoms with Crippen LogP contribution in [0.5, 0.6) is 5.75 Å². The number of para-hydroxylation sites is 2. The molecule has 2 aromatic carbocycles. The lowest BCUT2D eigenvalue weighted by Gasteiger charge is -2.10. The lowest BCUT2D eigenvalue weighted by molar-refractivity contribution is 0.194. The minimum Gasteiger partial charge on any atom is -0.410 e. The average Bonchev–Trinajstić information content (AvgIpc) is 2.92. The van der Waals surface area contributed by atoms with Crippen molar-refractivity contribution in [1.82, 2.24) is 9.78 Å². The maximum absolute atomic E-state index is 12.3. The smallest absolute Gasteiger partial charge is 0.410 e. The highest BCUT2D eigenvalue weighted by atomic mass is 79.9. The number of carbonyl (C=O) groups is 1. The summed E-state index contributed by atoms with van der Waals surface area (Å²) in [6, 6.07) is 18.2. The molecule has 0 unspecified atom stereocenters. The minimum absolute atomic E-state index is 0.350. The lowest BCUT2D eigenvalue weighted by Crippen LogP contribution is -2.19. The van der Waals surface area contributed by atoms with Crippen LogP contribution in [0.3, 0.4) is 0 Å². The van der Waals surface area contributed by atoms with Gasteiger partial charge in [0.05, 0.1) is 22.0 Å². The predicted molar refractivity (Wildman–Crippen MR) is 103 cm³/mol. The summed E-state index contributed by atoms with van der Waals surface area (Å²) in [6.07, 6.45) is -0.838.